The van der Waals surface area contributed by atoms with Gasteiger partial charge in [0.15, 0.2) is 5.69 Å². The zero-order valence-electron chi connectivity index (χ0n) is 16.8. The molecule has 1 saturated carbocycles. The molecule has 31 heavy (non-hydrogen) atoms. The van der Waals surface area contributed by atoms with E-state index in [4.69, 9.17) is 32.7 Å². The Kier molecular flexibility index (Phi) is 5.63. The van der Waals surface area contributed by atoms with Gasteiger partial charge in [0.1, 0.15) is 0 Å². The van der Waals surface area contributed by atoms with E-state index in [0.29, 0.717) is 33.4 Å². The second-order valence-electron chi connectivity index (χ2n) is 7.62. The summed E-state index contributed by atoms with van der Waals surface area (Å²) in [5, 5.41) is 14.6. The lowest BCUT2D eigenvalue weighted by atomic mass is 9.85. The van der Waals surface area contributed by atoms with Gasteiger partial charge in [-0.25, -0.2) is 4.68 Å². The molecule has 8 heteroatoms. The molecule has 5 nitrogen and oxygen atoms in total. The minimum Gasteiger partial charge on any atom is -0.419 e. The van der Waals surface area contributed by atoms with E-state index in [2.05, 4.69) is 45.2 Å². The summed E-state index contributed by atoms with van der Waals surface area (Å²) in [7, 11) is 0. The smallest absolute Gasteiger partial charge is 0.268 e. The third-order valence-corrected chi connectivity index (χ3v) is 6.76. The Morgan fingerprint density at radius 1 is 1.10 bits per heavy atom. The molecule has 158 valence electrons. The van der Waals surface area contributed by atoms with Crippen molar-refractivity contribution in [2.45, 2.75) is 38.5 Å². The molecule has 0 unspecified atom stereocenters. The molecule has 1 aliphatic rings. The normalized spacial score (nSPS) is 14.1. The third-order valence-electron chi connectivity index (χ3n) is 5.69. The number of rotatable bonds is 5. The van der Waals surface area contributed by atoms with Gasteiger partial charge in [0.2, 0.25) is 5.89 Å². The summed E-state index contributed by atoms with van der Waals surface area (Å²) in [5.74, 6) is 1.51. The van der Waals surface area contributed by atoms with Gasteiger partial charge in [-0.05, 0) is 49.6 Å². The highest BCUT2D eigenvalue weighted by atomic mass is 79.9. The molecule has 0 spiro atoms. The van der Waals surface area contributed by atoms with Crippen molar-refractivity contribution in [3.8, 4) is 28.5 Å². The van der Waals surface area contributed by atoms with Gasteiger partial charge in [0, 0.05) is 26.5 Å². The summed E-state index contributed by atoms with van der Waals surface area (Å²) in [4.78, 5) is 0. The standard InChI is InChI=1S/C23H19BrCl2N4O/c1-2-17-20(23-28-27-22(31-23)14-4-3-5-14)29-30(19-11-10-16(25)12-18(19)26)21(17)13-6-8-15(24)9-7-13/h6-12,14H,2-5H2,1H3. The first-order chi connectivity index (χ1) is 15.0. The second kappa shape index (κ2) is 8.41. The minimum absolute atomic E-state index is 0.366. The Labute approximate surface area is 198 Å². The lowest BCUT2D eigenvalue weighted by Crippen LogP contribution is -2.08. The van der Waals surface area contributed by atoms with Gasteiger partial charge >= 0.3 is 0 Å². The zero-order valence-corrected chi connectivity index (χ0v) is 19.9. The molecule has 0 bridgehead atoms. The van der Waals surface area contributed by atoms with Crippen LogP contribution in [-0.2, 0) is 6.42 Å². The van der Waals surface area contributed by atoms with E-state index in [-0.39, 0.29) is 0 Å². The summed E-state index contributed by atoms with van der Waals surface area (Å²) in [6.07, 6.45) is 4.15. The van der Waals surface area contributed by atoms with Crippen molar-refractivity contribution in [1.82, 2.24) is 20.0 Å². The highest BCUT2D eigenvalue weighted by Gasteiger charge is 2.28. The largest absolute Gasteiger partial charge is 0.419 e. The maximum atomic E-state index is 6.57. The van der Waals surface area contributed by atoms with Crippen LogP contribution in [0.5, 0.6) is 0 Å². The lowest BCUT2D eigenvalue weighted by molar-refractivity contribution is 0.338. The molecule has 1 aliphatic carbocycles. The molecule has 4 aromatic rings. The second-order valence-corrected chi connectivity index (χ2v) is 9.38. The zero-order chi connectivity index (χ0) is 21.5. The van der Waals surface area contributed by atoms with Crippen LogP contribution in [0.3, 0.4) is 0 Å². The topological polar surface area (TPSA) is 56.7 Å². The fourth-order valence-corrected chi connectivity index (χ4v) is 4.59. The molecule has 2 aromatic carbocycles. The van der Waals surface area contributed by atoms with Crippen LogP contribution in [0.4, 0.5) is 0 Å². The molecule has 0 saturated heterocycles. The van der Waals surface area contributed by atoms with Gasteiger partial charge in [0.25, 0.3) is 5.89 Å². The minimum atomic E-state index is 0.366. The number of hydrogen-bond acceptors (Lipinski definition) is 4. The summed E-state index contributed by atoms with van der Waals surface area (Å²) >= 11 is 16.2. The first kappa shape index (κ1) is 20.7. The maximum absolute atomic E-state index is 6.57. The quantitative estimate of drug-likeness (QED) is 0.275. The third kappa shape index (κ3) is 3.81. The van der Waals surface area contributed by atoms with Gasteiger partial charge in [-0.2, -0.15) is 5.10 Å². The molecule has 1 fully saturated rings. The number of halogens is 3. The average Bonchev–Trinajstić information content (AvgIpc) is 3.32. The molecule has 0 aliphatic heterocycles. The Morgan fingerprint density at radius 2 is 1.87 bits per heavy atom. The fraction of sp³-hybridized carbons (Fsp3) is 0.261. The lowest BCUT2D eigenvalue weighted by Gasteiger charge is -2.20. The monoisotopic (exact) mass is 516 g/mol. The Bertz CT molecular complexity index is 1250. The summed E-state index contributed by atoms with van der Waals surface area (Å²) in [6, 6.07) is 13.5. The average molecular weight is 518 g/mol. The molecule has 5 rings (SSSR count). The highest BCUT2D eigenvalue weighted by Crippen LogP contribution is 2.39. The van der Waals surface area contributed by atoms with Crippen molar-refractivity contribution in [1.29, 1.82) is 0 Å². The predicted octanol–water partition coefficient (Wildman–Crippen LogP) is 7.49. The molecular weight excluding hydrogens is 499 g/mol. The van der Waals surface area contributed by atoms with Crippen molar-refractivity contribution < 1.29 is 4.42 Å². The van der Waals surface area contributed by atoms with E-state index >= 15 is 0 Å². The van der Waals surface area contributed by atoms with E-state index in [1.165, 1.54) is 6.42 Å². The summed E-state index contributed by atoms with van der Waals surface area (Å²) in [6.45, 7) is 2.10. The van der Waals surface area contributed by atoms with Crippen LogP contribution in [0.15, 0.2) is 51.4 Å². The van der Waals surface area contributed by atoms with Crippen LogP contribution in [-0.4, -0.2) is 20.0 Å². The maximum Gasteiger partial charge on any atom is 0.268 e. The van der Waals surface area contributed by atoms with E-state index in [1.807, 2.05) is 28.9 Å². The fourth-order valence-electron chi connectivity index (χ4n) is 3.84. The van der Waals surface area contributed by atoms with Gasteiger partial charge in [-0.15, -0.1) is 10.2 Å². The van der Waals surface area contributed by atoms with Crippen molar-refractivity contribution in [2.75, 3.05) is 0 Å². The highest BCUT2D eigenvalue weighted by molar-refractivity contribution is 9.10. The van der Waals surface area contributed by atoms with E-state index in [0.717, 1.165) is 46.2 Å². The number of benzene rings is 2. The Morgan fingerprint density at radius 3 is 2.52 bits per heavy atom. The predicted molar refractivity (Wildman–Crippen MR) is 126 cm³/mol. The summed E-state index contributed by atoms with van der Waals surface area (Å²) < 4.78 is 8.92. The van der Waals surface area contributed by atoms with E-state index in [9.17, 15) is 0 Å². The number of nitrogens with zero attached hydrogens (tertiary/aromatic N) is 4. The van der Waals surface area contributed by atoms with Crippen LogP contribution in [0.2, 0.25) is 10.0 Å². The molecule has 2 heterocycles. The van der Waals surface area contributed by atoms with E-state index in [1.54, 1.807) is 6.07 Å². The van der Waals surface area contributed by atoms with Crippen LogP contribution in [0, 0.1) is 0 Å². The molecular formula is C23H19BrCl2N4O. The van der Waals surface area contributed by atoms with Crippen LogP contribution >= 0.6 is 39.1 Å². The number of aromatic nitrogens is 4. The summed E-state index contributed by atoms with van der Waals surface area (Å²) in [5.41, 5.74) is 4.41. The first-order valence-corrected chi connectivity index (χ1v) is 11.8. The molecule has 0 radical (unpaired) electrons. The van der Waals surface area contributed by atoms with Gasteiger partial charge < -0.3 is 4.42 Å². The van der Waals surface area contributed by atoms with Crippen molar-refractivity contribution in [3.63, 3.8) is 0 Å². The number of hydrogen-bond donors (Lipinski definition) is 0. The van der Waals surface area contributed by atoms with Crippen molar-refractivity contribution in [3.05, 3.63) is 68.4 Å². The molecule has 2 aromatic heterocycles. The SMILES string of the molecule is CCc1c(-c2nnc(C3CCC3)o2)nn(-c2ccc(Cl)cc2Cl)c1-c1ccc(Br)cc1. The Balaban J connectivity index is 1.72. The van der Waals surface area contributed by atoms with Crippen molar-refractivity contribution in [2.24, 2.45) is 0 Å². The van der Waals surface area contributed by atoms with Crippen LogP contribution in [0.1, 0.15) is 43.6 Å². The first-order valence-electron chi connectivity index (χ1n) is 10.2. The molecule has 0 atom stereocenters. The van der Waals surface area contributed by atoms with E-state index < -0.39 is 0 Å². The van der Waals surface area contributed by atoms with Crippen LogP contribution < -0.4 is 0 Å². The van der Waals surface area contributed by atoms with Gasteiger partial charge in [0.05, 0.1) is 16.4 Å². The van der Waals surface area contributed by atoms with Gasteiger partial charge in [-0.1, -0.05) is 64.6 Å². The molecule has 0 amide bonds. The van der Waals surface area contributed by atoms with Crippen LogP contribution in [0.25, 0.3) is 28.5 Å². The molecule has 0 N–H and O–H groups in total. The Hall–Kier alpha value is -2.15. The van der Waals surface area contributed by atoms with Gasteiger partial charge in [-0.3, -0.25) is 0 Å². The van der Waals surface area contributed by atoms with Crippen molar-refractivity contribution >= 4 is 39.1 Å².